The third-order valence-corrected chi connectivity index (χ3v) is 3.59. The molecule has 1 unspecified atom stereocenters. The van der Waals surface area contributed by atoms with Gasteiger partial charge < -0.3 is 14.9 Å². The first-order chi connectivity index (χ1) is 9.01. The molecule has 2 N–H and O–H groups in total. The maximum Gasteiger partial charge on any atom is 0.337 e. The van der Waals surface area contributed by atoms with Crippen LogP contribution in [-0.4, -0.2) is 35.5 Å². The lowest BCUT2D eigenvalue weighted by Crippen LogP contribution is -2.12. The molecule has 0 aliphatic carbocycles. The molecule has 5 nitrogen and oxygen atoms in total. The number of rotatable bonds is 6. The predicted molar refractivity (Wildman–Crippen MR) is 71.2 cm³/mol. The van der Waals surface area contributed by atoms with Gasteiger partial charge in [0, 0.05) is 16.9 Å². The van der Waals surface area contributed by atoms with E-state index in [1.165, 1.54) is 18.9 Å². The highest BCUT2D eigenvalue weighted by Crippen LogP contribution is 2.30. The van der Waals surface area contributed by atoms with Crippen LogP contribution in [-0.2, 0) is 20.7 Å². The topological polar surface area (TPSA) is 83.8 Å². The van der Waals surface area contributed by atoms with Crippen LogP contribution in [0.4, 0.5) is 0 Å². The summed E-state index contributed by atoms with van der Waals surface area (Å²) in [7, 11) is 1.32. The number of aliphatic hydroxyl groups excluding tert-OH is 1. The van der Waals surface area contributed by atoms with Gasteiger partial charge in [-0.25, -0.2) is 4.79 Å². The van der Waals surface area contributed by atoms with Gasteiger partial charge in [0.25, 0.3) is 0 Å². The number of aliphatic hydroxyl groups is 1. The highest BCUT2D eigenvalue weighted by atomic mass is 32.2. The Morgan fingerprint density at radius 2 is 2.11 bits per heavy atom. The van der Waals surface area contributed by atoms with Crippen LogP contribution in [0.1, 0.15) is 23.7 Å². The van der Waals surface area contributed by atoms with E-state index in [-0.39, 0.29) is 12.4 Å². The second-order valence-corrected chi connectivity index (χ2v) is 4.67. The molecule has 0 aromatic heterocycles. The molecule has 0 aliphatic rings. The van der Waals surface area contributed by atoms with Crippen molar-refractivity contribution in [1.29, 1.82) is 0 Å². The Morgan fingerprint density at radius 3 is 2.63 bits per heavy atom. The van der Waals surface area contributed by atoms with Crippen LogP contribution < -0.4 is 0 Å². The average Bonchev–Trinajstić information content (AvgIpc) is 2.42. The van der Waals surface area contributed by atoms with Crippen LogP contribution in [0, 0.1) is 0 Å². The summed E-state index contributed by atoms with van der Waals surface area (Å²) in [5.74, 6) is -1.61. The summed E-state index contributed by atoms with van der Waals surface area (Å²) in [6.07, 6.45) is 0.912. The summed E-state index contributed by atoms with van der Waals surface area (Å²) in [5, 5.41) is 18.5. The number of benzene rings is 1. The fraction of sp³-hybridized carbons (Fsp3) is 0.385. The van der Waals surface area contributed by atoms with Gasteiger partial charge in [-0.2, -0.15) is 0 Å². The highest BCUT2D eigenvalue weighted by molar-refractivity contribution is 7.98. The van der Waals surface area contributed by atoms with Crippen molar-refractivity contribution in [3.05, 3.63) is 29.3 Å². The van der Waals surface area contributed by atoms with Gasteiger partial charge in [0.1, 0.15) is 0 Å². The van der Waals surface area contributed by atoms with Crippen LogP contribution in [0.25, 0.3) is 0 Å². The number of carbonyl (C=O) groups is 2. The van der Waals surface area contributed by atoms with Crippen molar-refractivity contribution in [2.75, 3.05) is 13.4 Å². The number of hydrogen-bond donors (Lipinski definition) is 2. The molecular formula is C13H16O5S. The van der Waals surface area contributed by atoms with E-state index < -0.39 is 12.1 Å². The molecule has 104 valence electrons. The first kappa shape index (κ1) is 15.5. The van der Waals surface area contributed by atoms with E-state index in [1.54, 1.807) is 18.4 Å². The first-order valence-corrected chi connectivity index (χ1v) is 6.87. The number of ether oxygens (including phenoxy) is 1. The van der Waals surface area contributed by atoms with E-state index in [4.69, 9.17) is 5.11 Å². The van der Waals surface area contributed by atoms with Crippen molar-refractivity contribution in [1.82, 2.24) is 0 Å². The van der Waals surface area contributed by atoms with E-state index in [1.807, 2.05) is 6.07 Å². The smallest absolute Gasteiger partial charge is 0.337 e. The number of aliphatic carboxylic acids is 1. The molecule has 19 heavy (non-hydrogen) atoms. The summed E-state index contributed by atoms with van der Waals surface area (Å²) in [6, 6.07) is 5.06. The third-order valence-electron chi connectivity index (χ3n) is 2.69. The first-order valence-electron chi connectivity index (χ1n) is 5.64. The molecule has 1 rings (SSSR count). The van der Waals surface area contributed by atoms with Crippen molar-refractivity contribution >= 4 is 23.7 Å². The fourth-order valence-corrected chi connectivity index (χ4v) is 2.59. The highest BCUT2D eigenvalue weighted by Gasteiger charge is 2.21. The Labute approximate surface area is 115 Å². The minimum atomic E-state index is -1.56. The Bertz CT molecular complexity index is 472. The van der Waals surface area contributed by atoms with Gasteiger partial charge in [-0.3, -0.25) is 4.79 Å². The molecular weight excluding hydrogens is 268 g/mol. The molecule has 0 spiro atoms. The molecule has 1 aromatic rings. The number of carboxylic acid groups (broad SMARTS) is 1. The maximum absolute atomic E-state index is 11.1. The Hall–Kier alpha value is -1.53. The van der Waals surface area contributed by atoms with Gasteiger partial charge in [0.2, 0.25) is 0 Å². The molecule has 0 fully saturated rings. The lowest BCUT2D eigenvalue weighted by molar-refractivity contribution is -0.147. The average molecular weight is 284 g/mol. The van der Waals surface area contributed by atoms with E-state index in [0.29, 0.717) is 16.9 Å². The number of esters is 1. The zero-order valence-electron chi connectivity index (χ0n) is 10.8. The van der Waals surface area contributed by atoms with E-state index >= 15 is 0 Å². The van der Waals surface area contributed by atoms with Crippen molar-refractivity contribution in [2.24, 2.45) is 0 Å². The molecule has 0 heterocycles. The second kappa shape index (κ2) is 7.16. The molecule has 0 radical (unpaired) electrons. The standard InChI is InChI=1S/C13H16O5S/c1-18-10(14)7-6-8-4-3-5-9(12(8)19-2)11(15)13(16)17/h3-5,11,15H,6-7H2,1-2H3,(H,16,17). The number of hydrogen-bond acceptors (Lipinski definition) is 5. The predicted octanol–water partition coefficient (Wildman–Crippen LogP) is 1.63. The van der Waals surface area contributed by atoms with Gasteiger partial charge in [-0.05, 0) is 18.2 Å². The van der Waals surface area contributed by atoms with Gasteiger partial charge >= 0.3 is 11.9 Å². The number of carboxylic acids is 1. The molecule has 0 aliphatic heterocycles. The summed E-state index contributed by atoms with van der Waals surface area (Å²) in [4.78, 5) is 22.7. The van der Waals surface area contributed by atoms with E-state index in [9.17, 15) is 14.7 Å². The van der Waals surface area contributed by atoms with Gasteiger partial charge in [0.05, 0.1) is 7.11 Å². The monoisotopic (exact) mass is 284 g/mol. The van der Waals surface area contributed by atoms with Crippen LogP contribution in [0.2, 0.25) is 0 Å². The van der Waals surface area contributed by atoms with Crippen LogP contribution in [0.15, 0.2) is 23.1 Å². The Morgan fingerprint density at radius 1 is 1.42 bits per heavy atom. The normalized spacial score (nSPS) is 11.9. The van der Waals surface area contributed by atoms with Crippen LogP contribution in [0.3, 0.4) is 0 Å². The molecule has 0 saturated carbocycles. The molecule has 1 atom stereocenters. The fourth-order valence-electron chi connectivity index (χ4n) is 1.74. The van der Waals surface area contributed by atoms with Gasteiger partial charge in [0.15, 0.2) is 6.10 Å². The van der Waals surface area contributed by atoms with Crippen LogP contribution >= 0.6 is 11.8 Å². The SMILES string of the molecule is COC(=O)CCc1cccc(C(O)C(=O)O)c1SC. The zero-order valence-corrected chi connectivity index (χ0v) is 11.6. The molecule has 0 bridgehead atoms. The van der Waals surface area contributed by atoms with E-state index in [0.717, 1.165) is 5.56 Å². The van der Waals surface area contributed by atoms with Crippen molar-refractivity contribution in [3.63, 3.8) is 0 Å². The number of carbonyl (C=O) groups excluding carboxylic acids is 1. The molecule has 0 saturated heterocycles. The van der Waals surface area contributed by atoms with Gasteiger partial charge in [-0.1, -0.05) is 18.2 Å². The maximum atomic E-state index is 11.1. The summed E-state index contributed by atoms with van der Waals surface area (Å²) in [5.41, 5.74) is 1.18. The minimum Gasteiger partial charge on any atom is -0.479 e. The summed E-state index contributed by atoms with van der Waals surface area (Å²) < 4.78 is 4.57. The molecule has 6 heteroatoms. The largest absolute Gasteiger partial charge is 0.479 e. The minimum absolute atomic E-state index is 0.219. The van der Waals surface area contributed by atoms with Crippen molar-refractivity contribution < 1.29 is 24.5 Å². The number of aryl methyl sites for hydroxylation is 1. The Balaban J connectivity index is 3.02. The summed E-state index contributed by atoms with van der Waals surface area (Å²) >= 11 is 1.35. The second-order valence-electron chi connectivity index (χ2n) is 3.86. The van der Waals surface area contributed by atoms with Gasteiger partial charge in [-0.15, -0.1) is 11.8 Å². The lowest BCUT2D eigenvalue weighted by Gasteiger charge is -2.14. The quantitative estimate of drug-likeness (QED) is 0.610. The molecule has 0 amide bonds. The zero-order chi connectivity index (χ0) is 14.4. The van der Waals surface area contributed by atoms with Crippen LogP contribution in [0.5, 0.6) is 0 Å². The third kappa shape index (κ3) is 3.97. The van der Waals surface area contributed by atoms with Crippen molar-refractivity contribution in [3.8, 4) is 0 Å². The number of methoxy groups -OCH3 is 1. The van der Waals surface area contributed by atoms with Crippen molar-refractivity contribution in [2.45, 2.75) is 23.8 Å². The molecule has 1 aromatic carbocycles. The van der Waals surface area contributed by atoms with E-state index in [2.05, 4.69) is 4.74 Å². The Kier molecular flexibility index (Phi) is 5.85. The number of thioether (sulfide) groups is 1. The lowest BCUT2D eigenvalue weighted by atomic mass is 10.0. The summed E-state index contributed by atoms with van der Waals surface area (Å²) in [6.45, 7) is 0.